The predicted molar refractivity (Wildman–Crippen MR) is 65.9 cm³/mol. The molecule has 1 aromatic rings. The Kier molecular flexibility index (Phi) is 3.56. The zero-order valence-electron chi connectivity index (χ0n) is 10.3. The van der Waals surface area contributed by atoms with Crippen LogP contribution in [0, 0.1) is 0 Å². The fourth-order valence-corrected chi connectivity index (χ4v) is 1.83. The maximum atomic E-state index is 12.1. The Balaban J connectivity index is 2.03. The van der Waals surface area contributed by atoms with Gasteiger partial charge < -0.3 is 10.2 Å². The molecule has 0 spiro atoms. The molecule has 17 heavy (non-hydrogen) atoms. The second-order valence-electron chi connectivity index (χ2n) is 4.32. The van der Waals surface area contributed by atoms with Crippen LogP contribution in [0.25, 0.3) is 0 Å². The van der Waals surface area contributed by atoms with Crippen LogP contribution in [0.4, 0.5) is 5.82 Å². The quantitative estimate of drug-likeness (QED) is 0.858. The molecule has 1 amide bonds. The highest BCUT2D eigenvalue weighted by atomic mass is 16.2. The number of aromatic nitrogens is 2. The molecule has 1 aromatic heterocycles. The number of hydrogen-bond acceptors (Lipinski definition) is 4. The van der Waals surface area contributed by atoms with Crippen molar-refractivity contribution in [3.05, 3.63) is 18.1 Å². The Morgan fingerprint density at radius 2 is 2.24 bits per heavy atom. The molecule has 0 atom stereocenters. The number of hydrogen-bond donors (Lipinski definition) is 1. The molecule has 0 bridgehead atoms. The molecule has 0 aromatic carbocycles. The minimum absolute atomic E-state index is 0.0368. The molecule has 1 fully saturated rings. The first-order valence-corrected chi connectivity index (χ1v) is 6.05. The van der Waals surface area contributed by atoms with Gasteiger partial charge in [-0.2, -0.15) is 0 Å². The largest absolute Gasteiger partial charge is 0.369 e. The lowest BCUT2D eigenvalue weighted by Crippen LogP contribution is -2.41. The van der Waals surface area contributed by atoms with Crippen molar-refractivity contribution < 1.29 is 4.79 Å². The number of nitrogens with one attached hydrogen (secondary N) is 1. The molecule has 92 valence electrons. The van der Waals surface area contributed by atoms with E-state index in [1.807, 2.05) is 14.0 Å². The van der Waals surface area contributed by atoms with Crippen molar-refractivity contribution in [1.29, 1.82) is 0 Å². The van der Waals surface area contributed by atoms with Crippen LogP contribution in [-0.4, -0.2) is 40.4 Å². The minimum Gasteiger partial charge on any atom is -0.369 e. The average Bonchev–Trinajstić information content (AvgIpc) is 2.27. The Labute approximate surface area is 101 Å². The molecular weight excluding hydrogens is 216 g/mol. The lowest BCUT2D eigenvalue weighted by Gasteiger charge is -2.34. The third-order valence-corrected chi connectivity index (χ3v) is 3.17. The summed E-state index contributed by atoms with van der Waals surface area (Å²) in [7, 11) is 1.84. The van der Waals surface area contributed by atoms with Crippen LogP contribution < -0.4 is 5.32 Å². The maximum Gasteiger partial charge on any atom is 0.274 e. The van der Waals surface area contributed by atoms with Crippen LogP contribution in [-0.2, 0) is 0 Å². The van der Waals surface area contributed by atoms with Crippen LogP contribution in [0.3, 0.4) is 0 Å². The van der Waals surface area contributed by atoms with E-state index < -0.39 is 0 Å². The Morgan fingerprint density at radius 1 is 1.47 bits per heavy atom. The van der Waals surface area contributed by atoms with E-state index >= 15 is 0 Å². The number of anilines is 1. The first-order chi connectivity index (χ1) is 8.22. The molecule has 0 radical (unpaired) electrons. The van der Waals surface area contributed by atoms with Gasteiger partial charge in [-0.3, -0.25) is 4.79 Å². The zero-order chi connectivity index (χ0) is 12.3. The molecule has 1 saturated carbocycles. The molecule has 5 nitrogen and oxygen atoms in total. The maximum absolute atomic E-state index is 12.1. The number of carbonyl (C=O) groups excluding carboxylic acids is 1. The highest BCUT2D eigenvalue weighted by Gasteiger charge is 2.26. The summed E-state index contributed by atoms with van der Waals surface area (Å²) in [4.78, 5) is 22.1. The van der Waals surface area contributed by atoms with Crippen molar-refractivity contribution in [3.8, 4) is 0 Å². The van der Waals surface area contributed by atoms with Crippen molar-refractivity contribution in [3.63, 3.8) is 0 Å². The van der Waals surface area contributed by atoms with Crippen molar-refractivity contribution >= 4 is 11.7 Å². The molecular formula is C12H18N4O. The Morgan fingerprint density at radius 3 is 2.71 bits per heavy atom. The second kappa shape index (κ2) is 5.12. The van der Waals surface area contributed by atoms with Gasteiger partial charge in [0.15, 0.2) is 0 Å². The third-order valence-electron chi connectivity index (χ3n) is 3.17. The van der Waals surface area contributed by atoms with Gasteiger partial charge in [0, 0.05) is 19.6 Å². The van der Waals surface area contributed by atoms with E-state index in [-0.39, 0.29) is 5.91 Å². The number of rotatable bonds is 4. The van der Waals surface area contributed by atoms with Crippen molar-refractivity contribution in [1.82, 2.24) is 14.9 Å². The second-order valence-corrected chi connectivity index (χ2v) is 4.32. The monoisotopic (exact) mass is 234 g/mol. The SMILES string of the molecule is CCNc1cnc(C(=O)N(C)C2CCC2)cn1. The normalized spacial score (nSPS) is 15.2. The van der Waals surface area contributed by atoms with Gasteiger partial charge in [0.25, 0.3) is 5.91 Å². The molecule has 1 aliphatic carbocycles. The molecule has 2 rings (SSSR count). The summed E-state index contributed by atoms with van der Waals surface area (Å²) in [6.45, 7) is 2.79. The van der Waals surface area contributed by atoms with Gasteiger partial charge in [-0.15, -0.1) is 0 Å². The lowest BCUT2D eigenvalue weighted by atomic mass is 9.92. The number of amides is 1. The van der Waals surface area contributed by atoms with Gasteiger partial charge in [0.1, 0.15) is 11.5 Å². The summed E-state index contributed by atoms with van der Waals surface area (Å²) in [6, 6.07) is 0.387. The van der Waals surface area contributed by atoms with E-state index in [2.05, 4.69) is 15.3 Å². The van der Waals surface area contributed by atoms with Crippen molar-refractivity contribution in [2.45, 2.75) is 32.2 Å². The fraction of sp³-hybridized carbons (Fsp3) is 0.583. The van der Waals surface area contributed by atoms with Crippen LogP contribution in [0.1, 0.15) is 36.7 Å². The summed E-state index contributed by atoms with van der Waals surface area (Å²) in [5, 5.41) is 3.05. The standard InChI is InChI=1S/C12H18N4O/c1-3-13-11-8-14-10(7-15-11)12(17)16(2)9-5-4-6-9/h7-9H,3-6H2,1-2H3,(H,13,15). The summed E-state index contributed by atoms with van der Waals surface area (Å²) in [5.74, 6) is 0.667. The average molecular weight is 234 g/mol. The number of nitrogens with zero attached hydrogens (tertiary/aromatic N) is 3. The van der Waals surface area contributed by atoms with Crippen LogP contribution in [0.2, 0.25) is 0 Å². The predicted octanol–water partition coefficient (Wildman–Crippen LogP) is 1.53. The van der Waals surface area contributed by atoms with Gasteiger partial charge in [-0.05, 0) is 26.2 Å². The molecule has 0 unspecified atom stereocenters. The van der Waals surface area contributed by atoms with Gasteiger partial charge >= 0.3 is 0 Å². The zero-order valence-corrected chi connectivity index (χ0v) is 10.3. The first-order valence-electron chi connectivity index (χ1n) is 6.05. The lowest BCUT2D eigenvalue weighted by molar-refractivity contribution is 0.0645. The molecule has 5 heteroatoms. The summed E-state index contributed by atoms with van der Waals surface area (Å²) in [6.07, 6.45) is 6.56. The van der Waals surface area contributed by atoms with Gasteiger partial charge in [-0.25, -0.2) is 9.97 Å². The summed E-state index contributed by atoms with van der Waals surface area (Å²) >= 11 is 0. The minimum atomic E-state index is -0.0368. The van der Waals surface area contributed by atoms with Crippen molar-refractivity contribution in [2.24, 2.45) is 0 Å². The van der Waals surface area contributed by atoms with E-state index in [4.69, 9.17) is 0 Å². The van der Waals surface area contributed by atoms with Gasteiger partial charge in [-0.1, -0.05) is 0 Å². The van der Waals surface area contributed by atoms with Gasteiger partial charge in [0.05, 0.1) is 12.4 Å². The third kappa shape index (κ3) is 2.54. The topological polar surface area (TPSA) is 58.1 Å². The Hall–Kier alpha value is -1.65. The van der Waals surface area contributed by atoms with E-state index in [0.717, 1.165) is 19.4 Å². The highest BCUT2D eigenvalue weighted by Crippen LogP contribution is 2.24. The van der Waals surface area contributed by atoms with Crippen LogP contribution in [0.15, 0.2) is 12.4 Å². The smallest absolute Gasteiger partial charge is 0.274 e. The Bertz CT molecular complexity index is 386. The summed E-state index contributed by atoms with van der Waals surface area (Å²) < 4.78 is 0. The molecule has 0 aliphatic heterocycles. The molecule has 1 aliphatic rings. The summed E-state index contributed by atoms with van der Waals surface area (Å²) in [5.41, 5.74) is 0.418. The number of carbonyl (C=O) groups is 1. The molecule has 1 heterocycles. The van der Waals surface area contributed by atoms with E-state index in [0.29, 0.717) is 17.6 Å². The van der Waals surface area contributed by atoms with E-state index in [1.165, 1.54) is 12.6 Å². The fourth-order valence-electron chi connectivity index (χ4n) is 1.83. The van der Waals surface area contributed by atoms with Crippen LogP contribution in [0.5, 0.6) is 0 Å². The van der Waals surface area contributed by atoms with E-state index in [1.54, 1.807) is 11.1 Å². The highest BCUT2D eigenvalue weighted by molar-refractivity contribution is 5.92. The molecule has 1 N–H and O–H groups in total. The molecule has 0 saturated heterocycles. The van der Waals surface area contributed by atoms with Crippen LogP contribution >= 0.6 is 0 Å². The first kappa shape index (κ1) is 11.8. The van der Waals surface area contributed by atoms with Gasteiger partial charge in [0.2, 0.25) is 0 Å². The van der Waals surface area contributed by atoms with Crippen molar-refractivity contribution in [2.75, 3.05) is 18.9 Å². The van der Waals surface area contributed by atoms with E-state index in [9.17, 15) is 4.79 Å².